The van der Waals surface area contributed by atoms with Crippen LogP contribution in [0.2, 0.25) is 0 Å². The highest BCUT2D eigenvalue weighted by atomic mass is 32.2. The molecular formula is C8H16N2OS. The molecule has 1 saturated heterocycles. The highest BCUT2D eigenvalue weighted by molar-refractivity contribution is 7.99. The van der Waals surface area contributed by atoms with E-state index < -0.39 is 0 Å². The largest absolute Gasteiger partial charge is 0.396 e. The highest BCUT2D eigenvalue weighted by Gasteiger charge is 2.06. The molecule has 0 aromatic rings. The summed E-state index contributed by atoms with van der Waals surface area (Å²) in [5, 5.41) is 4.07. The molecule has 0 radical (unpaired) electrons. The summed E-state index contributed by atoms with van der Waals surface area (Å²) in [6.45, 7) is 1.34. The second-order valence-corrected chi connectivity index (χ2v) is 3.97. The molecule has 0 unspecified atom stereocenters. The lowest BCUT2D eigenvalue weighted by Gasteiger charge is -2.11. The fraction of sp³-hybridized carbons (Fsp3) is 0.875. The molecule has 1 aliphatic rings. The van der Waals surface area contributed by atoms with Crippen LogP contribution in [-0.4, -0.2) is 30.4 Å². The number of thioether (sulfide) groups is 1. The van der Waals surface area contributed by atoms with Crippen LogP contribution in [0.3, 0.4) is 0 Å². The zero-order valence-corrected chi connectivity index (χ0v) is 8.11. The van der Waals surface area contributed by atoms with Gasteiger partial charge in [0.15, 0.2) is 0 Å². The first kappa shape index (κ1) is 9.86. The topological polar surface area (TPSA) is 47.6 Å². The molecule has 0 saturated carbocycles. The summed E-state index contributed by atoms with van der Waals surface area (Å²) in [5.41, 5.74) is 6.53. The molecule has 4 heteroatoms. The first-order chi connectivity index (χ1) is 5.93. The summed E-state index contributed by atoms with van der Waals surface area (Å²) in [4.78, 5) is 5.11. The molecule has 0 atom stereocenters. The van der Waals surface area contributed by atoms with Crippen LogP contribution >= 0.6 is 11.8 Å². The van der Waals surface area contributed by atoms with E-state index in [1.807, 2.05) is 11.8 Å². The van der Waals surface area contributed by atoms with Crippen LogP contribution in [0.5, 0.6) is 0 Å². The second kappa shape index (κ2) is 6.31. The van der Waals surface area contributed by atoms with Crippen LogP contribution in [0.4, 0.5) is 0 Å². The Morgan fingerprint density at radius 2 is 2.17 bits per heavy atom. The summed E-state index contributed by atoms with van der Waals surface area (Å²) in [6.07, 6.45) is 3.08. The van der Waals surface area contributed by atoms with E-state index in [0.717, 1.165) is 19.3 Å². The van der Waals surface area contributed by atoms with Gasteiger partial charge in [-0.15, -0.1) is 0 Å². The maximum absolute atomic E-state index is 5.32. The van der Waals surface area contributed by atoms with Gasteiger partial charge in [0.2, 0.25) is 0 Å². The van der Waals surface area contributed by atoms with E-state index in [-0.39, 0.29) is 0 Å². The summed E-state index contributed by atoms with van der Waals surface area (Å²) < 4.78 is 0. The van der Waals surface area contributed by atoms with Crippen molar-refractivity contribution in [2.75, 3.05) is 24.7 Å². The fourth-order valence-electron chi connectivity index (χ4n) is 0.983. The lowest BCUT2D eigenvalue weighted by molar-refractivity contribution is 0.142. The average Bonchev–Trinajstić information content (AvgIpc) is 2.14. The van der Waals surface area contributed by atoms with Gasteiger partial charge in [0.25, 0.3) is 0 Å². The molecule has 0 bridgehead atoms. The predicted molar refractivity (Wildman–Crippen MR) is 53.6 cm³/mol. The summed E-state index contributed by atoms with van der Waals surface area (Å²) in [7, 11) is 0. The number of hydrogen-bond donors (Lipinski definition) is 1. The number of nitrogens with two attached hydrogens (primary N) is 1. The van der Waals surface area contributed by atoms with E-state index >= 15 is 0 Å². The van der Waals surface area contributed by atoms with Crippen molar-refractivity contribution in [3.05, 3.63) is 0 Å². The van der Waals surface area contributed by atoms with Gasteiger partial charge in [-0.25, -0.2) is 0 Å². The quantitative estimate of drug-likeness (QED) is 0.533. The van der Waals surface area contributed by atoms with Gasteiger partial charge in [-0.1, -0.05) is 5.16 Å². The van der Waals surface area contributed by atoms with Crippen molar-refractivity contribution in [3.63, 3.8) is 0 Å². The Morgan fingerprint density at radius 1 is 1.42 bits per heavy atom. The lowest BCUT2D eigenvalue weighted by atomic mass is 10.2. The molecule has 12 heavy (non-hydrogen) atoms. The zero-order chi connectivity index (χ0) is 8.65. The van der Waals surface area contributed by atoms with Gasteiger partial charge in [-0.3, -0.25) is 0 Å². The minimum Gasteiger partial charge on any atom is -0.396 e. The first-order valence-corrected chi connectivity index (χ1v) is 5.54. The van der Waals surface area contributed by atoms with Crippen molar-refractivity contribution < 1.29 is 4.84 Å². The molecule has 3 nitrogen and oxygen atoms in total. The number of hydrogen-bond acceptors (Lipinski definition) is 4. The van der Waals surface area contributed by atoms with Gasteiger partial charge in [0.05, 0.1) is 5.71 Å². The van der Waals surface area contributed by atoms with Crippen molar-refractivity contribution in [1.82, 2.24) is 0 Å². The van der Waals surface area contributed by atoms with Crippen LogP contribution in [-0.2, 0) is 4.84 Å². The second-order valence-electron chi connectivity index (χ2n) is 2.75. The number of nitrogens with zero attached hydrogens (tertiary/aromatic N) is 1. The Kier molecular flexibility index (Phi) is 5.19. The van der Waals surface area contributed by atoms with E-state index in [9.17, 15) is 0 Å². The van der Waals surface area contributed by atoms with Crippen molar-refractivity contribution in [3.8, 4) is 0 Å². The standard InChI is InChI=1S/C8H16N2OS/c9-4-1-5-11-10-8-2-6-12-7-3-8/h1-7,9H2. The predicted octanol–water partition coefficient (Wildman–Crippen LogP) is 1.23. The maximum atomic E-state index is 5.32. The van der Waals surface area contributed by atoms with Crippen molar-refractivity contribution in [2.45, 2.75) is 19.3 Å². The Bertz CT molecular complexity index is 142. The fourth-order valence-corrected chi connectivity index (χ4v) is 1.95. The lowest BCUT2D eigenvalue weighted by Crippen LogP contribution is -2.09. The first-order valence-electron chi connectivity index (χ1n) is 4.39. The normalized spacial score (nSPS) is 17.6. The van der Waals surface area contributed by atoms with E-state index in [2.05, 4.69) is 5.16 Å². The molecular weight excluding hydrogens is 172 g/mol. The molecule has 1 heterocycles. The van der Waals surface area contributed by atoms with Crippen molar-refractivity contribution in [1.29, 1.82) is 0 Å². The molecule has 1 rings (SSSR count). The summed E-state index contributed by atoms with van der Waals surface area (Å²) in [6, 6.07) is 0. The van der Waals surface area contributed by atoms with Gasteiger partial charge >= 0.3 is 0 Å². The van der Waals surface area contributed by atoms with Crippen LogP contribution < -0.4 is 5.73 Å². The van der Waals surface area contributed by atoms with E-state index in [0.29, 0.717) is 13.2 Å². The average molecular weight is 188 g/mol. The molecule has 70 valence electrons. The Labute approximate surface area is 77.7 Å². The summed E-state index contributed by atoms with van der Waals surface area (Å²) in [5.74, 6) is 2.39. The highest BCUT2D eigenvalue weighted by Crippen LogP contribution is 2.14. The van der Waals surface area contributed by atoms with Crippen LogP contribution in [0.25, 0.3) is 0 Å². The maximum Gasteiger partial charge on any atom is 0.118 e. The van der Waals surface area contributed by atoms with Gasteiger partial charge in [0.1, 0.15) is 6.61 Å². The zero-order valence-electron chi connectivity index (χ0n) is 7.29. The molecule has 0 aromatic carbocycles. The smallest absolute Gasteiger partial charge is 0.118 e. The van der Waals surface area contributed by atoms with Gasteiger partial charge < -0.3 is 10.6 Å². The van der Waals surface area contributed by atoms with Crippen LogP contribution in [0.15, 0.2) is 5.16 Å². The van der Waals surface area contributed by atoms with E-state index in [1.165, 1.54) is 17.2 Å². The Balaban J connectivity index is 2.08. The third kappa shape index (κ3) is 3.97. The minimum atomic E-state index is 0.660. The molecule has 2 N–H and O–H groups in total. The number of oxime groups is 1. The van der Waals surface area contributed by atoms with Crippen molar-refractivity contribution >= 4 is 17.5 Å². The van der Waals surface area contributed by atoms with Crippen LogP contribution in [0, 0.1) is 0 Å². The van der Waals surface area contributed by atoms with Gasteiger partial charge in [-0.2, -0.15) is 11.8 Å². The number of rotatable bonds is 4. The SMILES string of the molecule is NCCCON=C1CCSCC1. The molecule has 0 aromatic heterocycles. The van der Waals surface area contributed by atoms with Gasteiger partial charge in [0, 0.05) is 0 Å². The molecule has 1 fully saturated rings. The van der Waals surface area contributed by atoms with E-state index in [4.69, 9.17) is 10.6 Å². The third-order valence-electron chi connectivity index (χ3n) is 1.70. The monoisotopic (exact) mass is 188 g/mol. The Hall–Kier alpha value is -0.220. The molecule has 0 spiro atoms. The van der Waals surface area contributed by atoms with Gasteiger partial charge in [-0.05, 0) is 37.3 Å². The minimum absolute atomic E-state index is 0.660. The van der Waals surface area contributed by atoms with E-state index in [1.54, 1.807) is 0 Å². The molecule has 1 aliphatic heterocycles. The Morgan fingerprint density at radius 3 is 2.83 bits per heavy atom. The van der Waals surface area contributed by atoms with Crippen molar-refractivity contribution in [2.24, 2.45) is 10.9 Å². The van der Waals surface area contributed by atoms with Crippen LogP contribution in [0.1, 0.15) is 19.3 Å². The third-order valence-corrected chi connectivity index (χ3v) is 2.69. The molecule has 0 aliphatic carbocycles. The molecule has 0 amide bonds. The summed E-state index contributed by atoms with van der Waals surface area (Å²) >= 11 is 1.99.